The van der Waals surface area contributed by atoms with Crippen molar-refractivity contribution < 1.29 is 0 Å². The Labute approximate surface area is 110 Å². The van der Waals surface area contributed by atoms with E-state index in [4.69, 9.17) is 0 Å². The van der Waals surface area contributed by atoms with Crippen molar-refractivity contribution in [2.24, 2.45) is 0 Å². The topological polar surface area (TPSA) is 53.1 Å². The molecule has 0 bridgehead atoms. The molecule has 0 aliphatic carbocycles. The fourth-order valence-corrected chi connectivity index (χ4v) is 1.80. The molecule has 0 saturated heterocycles. The first kappa shape index (κ1) is 14.7. The van der Waals surface area contributed by atoms with Crippen LogP contribution in [0.1, 0.15) is 27.2 Å². The number of rotatable bonds is 9. The van der Waals surface area contributed by atoms with Crippen molar-refractivity contribution in [3.8, 4) is 0 Å². The summed E-state index contributed by atoms with van der Waals surface area (Å²) in [5.41, 5.74) is 0. The Hall–Kier alpha value is -1.36. The van der Waals surface area contributed by atoms with Crippen LogP contribution >= 0.6 is 0 Å². The van der Waals surface area contributed by atoms with Crippen LogP contribution in [-0.4, -0.2) is 47.6 Å². The van der Waals surface area contributed by atoms with E-state index >= 15 is 0 Å². The van der Waals surface area contributed by atoms with Crippen molar-refractivity contribution in [2.75, 3.05) is 43.4 Å². The first-order valence-corrected chi connectivity index (χ1v) is 6.82. The molecule has 0 amide bonds. The predicted octanol–water partition coefficient (Wildman–Crippen LogP) is 2.05. The number of anilines is 2. The number of nitrogens with one attached hydrogen (secondary N) is 2. The number of aromatic nitrogens is 2. The van der Waals surface area contributed by atoms with Crippen LogP contribution in [0.3, 0.4) is 0 Å². The molecule has 0 aliphatic rings. The molecule has 0 atom stereocenters. The quantitative estimate of drug-likeness (QED) is 0.703. The highest BCUT2D eigenvalue weighted by molar-refractivity contribution is 5.41. The number of hydrogen-bond donors (Lipinski definition) is 2. The van der Waals surface area contributed by atoms with E-state index in [1.165, 1.54) is 6.42 Å². The summed E-state index contributed by atoms with van der Waals surface area (Å²) in [5, 5.41) is 6.47. The zero-order chi connectivity index (χ0) is 13.2. The SMILES string of the molecule is CCCN(CC)CCNc1cncc(NCC)n1. The Morgan fingerprint density at radius 1 is 1.06 bits per heavy atom. The van der Waals surface area contributed by atoms with E-state index in [-0.39, 0.29) is 0 Å². The van der Waals surface area contributed by atoms with Gasteiger partial charge >= 0.3 is 0 Å². The maximum atomic E-state index is 4.43. The Morgan fingerprint density at radius 3 is 2.39 bits per heavy atom. The van der Waals surface area contributed by atoms with Crippen molar-refractivity contribution in [1.82, 2.24) is 14.9 Å². The Kier molecular flexibility index (Phi) is 7.10. The van der Waals surface area contributed by atoms with Gasteiger partial charge in [-0.2, -0.15) is 0 Å². The summed E-state index contributed by atoms with van der Waals surface area (Å²) >= 11 is 0. The molecule has 1 aromatic rings. The van der Waals surface area contributed by atoms with Crippen LogP contribution in [-0.2, 0) is 0 Å². The number of nitrogens with zero attached hydrogens (tertiary/aromatic N) is 3. The largest absolute Gasteiger partial charge is 0.369 e. The van der Waals surface area contributed by atoms with Gasteiger partial charge in [0.25, 0.3) is 0 Å². The highest BCUT2D eigenvalue weighted by atomic mass is 15.1. The summed E-state index contributed by atoms with van der Waals surface area (Å²) < 4.78 is 0. The lowest BCUT2D eigenvalue weighted by atomic mass is 10.4. The smallest absolute Gasteiger partial charge is 0.147 e. The summed E-state index contributed by atoms with van der Waals surface area (Å²) in [5.74, 6) is 1.66. The van der Waals surface area contributed by atoms with Crippen LogP contribution in [0.2, 0.25) is 0 Å². The van der Waals surface area contributed by atoms with E-state index in [1.807, 2.05) is 6.92 Å². The van der Waals surface area contributed by atoms with Gasteiger partial charge < -0.3 is 15.5 Å². The van der Waals surface area contributed by atoms with Gasteiger partial charge in [-0.3, -0.25) is 4.98 Å². The van der Waals surface area contributed by atoms with E-state index in [2.05, 4.69) is 39.3 Å². The van der Waals surface area contributed by atoms with Gasteiger partial charge in [-0.05, 0) is 26.4 Å². The van der Waals surface area contributed by atoms with E-state index < -0.39 is 0 Å². The molecule has 5 nitrogen and oxygen atoms in total. The molecule has 0 saturated carbocycles. The molecule has 1 aromatic heterocycles. The van der Waals surface area contributed by atoms with Crippen molar-refractivity contribution in [2.45, 2.75) is 27.2 Å². The van der Waals surface area contributed by atoms with Gasteiger partial charge in [0.05, 0.1) is 12.4 Å². The standard InChI is InChI=1S/C13H25N5/c1-4-8-18(6-3)9-7-16-13-11-14-10-12(17-13)15-5-2/h10-11H,4-9H2,1-3H3,(H2,15,16,17). The third-order valence-electron chi connectivity index (χ3n) is 2.71. The Morgan fingerprint density at radius 2 is 1.78 bits per heavy atom. The lowest BCUT2D eigenvalue weighted by molar-refractivity contribution is 0.300. The molecule has 0 unspecified atom stereocenters. The molecule has 0 spiro atoms. The van der Waals surface area contributed by atoms with Gasteiger partial charge in [0.1, 0.15) is 11.6 Å². The van der Waals surface area contributed by atoms with Crippen LogP contribution in [0.5, 0.6) is 0 Å². The average molecular weight is 251 g/mol. The van der Waals surface area contributed by atoms with E-state index in [9.17, 15) is 0 Å². The third kappa shape index (κ3) is 5.31. The number of hydrogen-bond acceptors (Lipinski definition) is 5. The molecule has 2 N–H and O–H groups in total. The molecular weight excluding hydrogens is 226 g/mol. The van der Waals surface area contributed by atoms with Gasteiger partial charge in [0, 0.05) is 19.6 Å². The summed E-state index contributed by atoms with van der Waals surface area (Å²) in [6.45, 7) is 11.5. The third-order valence-corrected chi connectivity index (χ3v) is 2.71. The average Bonchev–Trinajstić information content (AvgIpc) is 2.38. The first-order valence-electron chi connectivity index (χ1n) is 6.82. The van der Waals surface area contributed by atoms with E-state index in [1.54, 1.807) is 12.4 Å². The zero-order valence-electron chi connectivity index (χ0n) is 11.7. The molecular formula is C13H25N5. The van der Waals surface area contributed by atoms with Crippen LogP contribution < -0.4 is 10.6 Å². The van der Waals surface area contributed by atoms with E-state index in [0.717, 1.165) is 44.4 Å². The highest BCUT2D eigenvalue weighted by Gasteiger charge is 2.01. The predicted molar refractivity (Wildman–Crippen MR) is 77.1 cm³/mol. The maximum Gasteiger partial charge on any atom is 0.147 e. The first-order chi connectivity index (χ1) is 8.80. The zero-order valence-corrected chi connectivity index (χ0v) is 11.7. The van der Waals surface area contributed by atoms with Crippen LogP contribution in [0.15, 0.2) is 12.4 Å². The maximum absolute atomic E-state index is 4.43. The summed E-state index contributed by atoms with van der Waals surface area (Å²) in [4.78, 5) is 11.0. The minimum Gasteiger partial charge on any atom is -0.369 e. The van der Waals surface area contributed by atoms with Crippen molar-refractivity contribution in [3.63, 3.8) is 0 Å². The van der Waals surface area contributed by atoms with Crippen molar-refractivity contribution in [1.29, 1.82) is 0 Å². The van der Waals surface area contributed by atoms with Crippen LogP contribution in [0, 0.1) is 0 Å². The molecule has 1 rings (SSSR count). The molecule has 0 aromatic carbocycles. The van der Waals surface area contributed by atoms with Crippen molar-refractivity contribution >= 4 is 11.6 Å². The van der Waals surface area contributed by atoms with Gasteiger partial charge in [0.2, 0.25) is 0 Å². The minimum atomic E-state index is 0.823. The van der Waals surface area contributed by atoms with Gasteiger partial charge in [0.15, 0.2) is 0 Å². The summed E-state index contributed by atoms with van der Waals surface area (Å²) in [6.07, 6.45) is 4.70. The second-order valence-corrected chi connectivity index (χ2v) is 4.18. The Bertz CT molecular complexity index is 329. The minimum absolute atomic E-state index is 0.823. The normalized spacial score (nSPS) is 10.7. The molecule has 0 radical (unpaired) electrons. The van der Waals surface area contributed by atoms with Gasteiger partial charge in [-0.15, -0.1) is 0 Å². The lowest BCUT2D eigenvalue weighted by Crippen LogP contribution is -2.29. The van der Waals surface area contributed by atoms with Crippen molar-refractivity contribution in [3.05, 3.63) is 12.4 Å². The van der Waals surface area contributed by atoms with Crippen LogP contribution in [0.25, 0.3) is 0 Å². The second-order valence-electron chi connectivity index (χ2n) is 4.18. The second kappa shape index (κ2) is 8.69. The van der Waals surface area contributed by atoms with E-state index in [0.29, 0.717) is 0 Å². The molecule has 5 heteroatoms. The fraction of sp³-hybridized carbons (Fsp3) is 0.692. The monoisotopic (exact) mass is 251 g/mol. The summed E-state index contributed by atoms with van der Waals surface area (Å²) in [7, 11) is 0. The highest BCUT2D eigenvalue weighted by Crippen LogP contribution is 2.05. The number of likely N-dealkylation sites (N-methyl/N-ethyl adjacent to an activating group) is 1. The molecule has 0 fully saturated rings. The molecule has 102 valence electrons. The fourth-order valence-electron chi connectivity index (χ4n) is 1.80. The molecule has 0 aliphatic heterocycles. The molecule has 1 heterocycles. The summed E-state index contributed by atoms with van der Waals surface area (Å²) in [6, 6.07) is 0. The van der Waals surface area contributed by atoms with Gasteiger partial charge in [-0.25, -0.2) is 4.98 Å². The van der Waals surface area contributed by atoms with Crippen LogP contribution in [0.4, 0.5) is 11.6 Å². The van der Waals surface area contributed by atoms with Gasteiger partial charge in [-0.1, -0.05) is 13.8 Å². The lowest BCUT2D eigenvalue weighted by Gasteiger charge is -2.19. The Balaban J connectivity index is 2.36. The molecule has 18 heavy (non-hydrogen) atoms.